The number of rotatable bonds is 8. The van der Waals surface area contributed by atoms with E-state index >= 15 is 4.79 Å². The molecule has 4 aromatic carbocycles. The summed E-state index contributed by atoms with van der Waals surface area (Å²) < 4.78 is 7.77. The van der Waals surface area contributed by atoms with E-state index in [1.165, 1.54) is 5.01 Å². The normalized spacial score (nSPS) is 25.0. The fourth-order valence-electron chi connectivity index (χ4n) is 9.30. The molecule has 1 spiro atoms. The molecule has 0 aliphatic carbocycles. The van der Waals surface area contributed by atoms with Crippen LogP contribution in [0.2, 0.25) is 18.6 Å². The summed E-state index contributed by atoms with van der Waals surface area (Å²) in [5.74, 6) is -0.987. The number of aliphatic hydroxyl groups excluding tert-OH is 1. The molecule has 12 heteroatoms. The van der Waals surface area contributed by atoms with Gasteiger partial charge in [-0.1, -0.05) is 89.6 Å². The van der Waals surface area contributed by atoms with Gasteiger partial charge in [0.1, 0.15) is 0 Å². The van der Waals surface area contributed by atoms with Crippen molar-refractivity contribution < 1.29 is 29.0 Å². The topological polar surface area (TPSA) is 123 Å². The highest BCUT2D eigenvalue weighted by Crippen LogP contribution is 2.60. The number of ether oxygens (including phenoxy) is 1. The number of halogens is 1. The first-order valence-electron chi connectivity index (χ1n) is 18.9. The highest BCUT2D eigenvalue weighted by molar-refractivity contribution is 9.10. The van der Waals surface area contributed by atoms with Gasteiger partial charge in [-0.3, -0.25) is 14.4 Å². The number of fused-ring (bicyclic) bond motifs is 3. The molecule has 2 N–H and O–H groups in total. The second kappa shape index (κ2) is 14.6. The van der Waals surface area contributed by atoms with Crippen LogP contribution in [0.3, 0.4) is 0 Å². The van der Waals surface area contributed by atoms with E-state index in [1.807, 2.05) is 117 Å². The molecule has 55 heavy (non-hydrogen) atoms. The van der Waals surface area contributed by atoms with Crippen LogP contribution in [0.5, 0.6) is 0 Å². The molecule has 8 rings (SSSR count). The molecule has 0 saturated carbocycles. The minimum Gasteiger partial charge on any atom is -0.432 e. The van der Waals surface area contributed by atoms with E-state index in [-0.39, 0.29) is 43.3 Å². The molecule has 284 valence electrons. The summed E-state index contributed by atoms with van der Waals surface area (Å²) in [4.78, 5) is 57.8. The van der Waals surface area contributed by atoms with Crippen molar-refractivity contribution in [2.75, 3.05) is 16.5 Å². The zero-order valence-electron chi connectivity index (χ0n) is 31.2. The minimum absolute atomic E-state index is 0.0274. The van der Waals surface area contributed by atoms with Gasteiger partial charge in [0.05, 0.1) is 48.8 Å². The third kappa shape index (κ3) is 6.67. The molecular formula is C43H45BrN4O6Si. The summed E-state index contributed by atoms with van der Waals surface area (Å²) >= 11 is 3.63. The monoisotopic (exact) mass is 820 g/mol. The van der Waals surface area contributed by atoms with Gasteiger partial charge < -0.3 is 24.4 Å². The largest absolute Gasteiger partial charge is 0.432 e. The fraction of sp³-hybridized carbons (Fsp3) is 0.349. The number of hydrogen-bond donors (Lipinski definition) is 2. The molecule has 4 aliphatic rings. The van der Waals surface area contributed by atoms with E-state index in [0.717, 1.165) is 32.4 Å². The van der Waals surface area contributed by atoms with Gasteiger partial charge in [-0.15, -0.1) is 0 Å². The highest BCUT2D eigenvalue weighted by atomic mass is 79.9. The van der Waals surface area contributed by atoms with Gasteiger partial charge in [-0.05, 0) is 72.1 Å². The van der Waals surface area contributed by atoms with Crippen molar-refractivity contribution in [3.05, 3.63) is 129 Å². The Balaban J connectivity index is 1.10. The lowest BCUT2D eigenvalue weighted by atomic mass is 9.82. The number of hydrazone groups is 1. The molecule has 1 saturated heterocycles. The quantitative estimate of drug-likeness (QED) is 0.192. The summed E-state index contributed by atoms with van der Waals surface area (Å²) in [6.07, 6.45) is 0.690. The summed E-state index contributed by atoms with van der Waals surface area (Å²) in [7, 11) is -3.04. The van der Waals surface area contributed by atoms with Crippen LogP contribution in [0.25, 0.3) is 0 Å². The Labute approximate surface area is 330 Å². The molecule has 4 aromatic rings. The van der Waals surface area contributed by atoms with E-state index in [4.69, 9.17) is 9.84 Å². The predicted molar refractivity (Wildman–Crippen MR) is 217 cm³/mol. The van der Waals surface area contributed by atoms with Gasteiger partial charge in [-0.25, -0.2) is 5.01 Å². The first-order valence-corrected chi connectivity index (χ1v) is 22.7. The molecule has 4 aliphatic heterocycles. The third-order valence-electron chi connectivity index (χ3n) is 11.8. The van der Waals surface area contributed by atoms with E-state index in [9.17, 15) is 19.5 Å². The second-order valence-electron chi connectivity index (χ2n) is 15.7. The lowest BCUT2D eigenvalue weighted by molar-refractivity contribution is -0.151. The average molecular weight is 822 g/mol. The fourth-order valence-corrected chi connectivity index (χ4v) is 12.2. The molecule has 1 fully saturated rings. The van der Waals surface area contributed by atoms with Gasteiger partial charge >= 0.3 is 0 Å². The molecule has 5 atom stereocenters. The highest BCUT2D eigenvalue weighted by Gasteiger charge is 2.66. The van der Waals surface area contributed by atoms with Gasteiger partial charge in [0.25, 0.3) is 5.91 Å². The van der Waals surface area contributed by atoms with Crippen molar-refractivity contribution in [2.45, 2.75) is 82.1 Å². The van der Waals surface area contributed by atoms with Gasteiger partial charge in [0, 0.05) is 40.9 Å². The maximum Gasteiger partial charge on any atom is 0.264 e. The Hall–Kier alpha value is -4.46. The van der Waals surface area contributed by atoms with Crippen LogP contribution in [-0.4, -0.2) is 65.3 Å². The van der Waals surface area contributed by atoms with Crippen LogP contribution in [0.4, 0.5) is 11.4 Å². The number of benzene rings is 4. The Morgan fingerprint density at radius 1 is 0.964 bits per heavy atom. The molecule has 0 aromatic heterocycles. The average Bonchev–Trinajstić information content (AvgIpc) is 3.60. The Kier molecular flexibility index (Phi) is 9.91. The SMILES string of the molecule is C[C@@H]1[C@@H]([Si](C)(C)O)[C@H](CC(=O)N2Cc3ccccc3C[C@H]2CO)O[C@@]12C(=O)N(Cc1cccc(N3N=C(c4ccccc4)CCC3=O)c1)c1ccc(Br)cc12. The van der Waals surface area contributed by atoms with Crippen LogP contribution >= 0.6 is 15.9 Å². The number of anilines is 2. The van der Waals surface area contributed by atoms with Crippen molar-refractivity contribution in [3.8, 4) is 0 Å². The van der Waals surface area contributed by atoms with Crippen LogP contribution in [0.1, 0.15) is 54.0 Å². The Bertz CT molecular complexity index is 2190. The van der Waals surface area contributed by atoms with E-state index < -0.39 is 31.5 Å². The van der Waals surface area contributed by atoms with Crippen molar-refractivity contribution in [1.29, 1.82) is 0 Å². The molecule has 0 unspecified atom stereocenters. The number of hydrogen-bond acceptors (Lipinski definition) is 7. The van der Waals surface area contributed by atoms with Crippen LogP contribution < -0.4 is 9.91 Å². The standard InChI is InChI=1S/C43H45BrN4O6Si/c1-27-41(55(2,3)53)38(23-40(51)46-25-31-14-8-7-13-30(31)21-34(46)26-49)54-43(27)35-22-32(44)16-18-37(35)47(42(43)52)24-28-10-9-15-33(20-28)48-39(50)19-17-36(45-48)29-11-5-4-6-12-29/h4-16,18,20,22,27,34,38,41,49,53H,17,19,21,23-26H2,1-3H3/t27-,34+,38+,41-,43+/m1/s1. The summed E-state index contributed by atoms with van der Waals surface area (Å²) in [5.41, 5.74) is 4.89. The number of aliphatic hydroxyl groups is 1. The van der Waals surface area contributed by atoms with Crippen molar-refractivity contribution in [3.63, 3.8) is 0 Å². The Morgan fingerprint density at radius 2 is 1.71 bits per heavy atom. The molecule has 10 nitrogen and oxygen atoms in total. The van der Waals surface area contributed by atoms with Crippen LogP contribution in [0, 0.1) is 5.92 Å². The van der Waals surface area contributed by atoms with E-state index in [0.29, 0.717) is 42.7 Å². The maximum absolute atomic E-state index is 15.1. The smallest absolute Gasteiger partial charge is 0.264 e. The molecule has 4 heterocycles. The second-order valence-corrected chi connectivity index (χ2v) is 20.6. The first-order chi connectivity index (χ1) is 26.4. The minimum atomic E-state index is -3.04. The first kappa shape index (κ1) is 37.5. The molecule has 0 radical (unpaired) electrons. The number of nitrogens with zero attached hydrogens (tertiary/aromatic N) is 4. The van der Waals surface area contributed by atoms with Crippen molar-refractivity contribution >= 4 is 59.1 Å². The van der Waals surface area contributed by atoms with E-state index in [2.05, 4.69) is 15.9 Å². The summed E-state index contributed by atoms with van der Waals surface area (Å²) in [6.45, 7) is 6.07. The Morgan fingerprint density at radius 3 is 2.45 bits per heavy atom. The molecular weight excluding hydrogens is 776 g/mol. The van der Waals surface area contributed by atoms with Crippen molar-refractivity contribution in [1.82, 2.24) is 4.90 Å². The lowest BCUT2D eigenvalue weighted by Crippen LogP contribution is -2.48. The summed E-state index contributed by atoms with van der Waals surface area (Å²) in [6, 6.07) is 30.7. The number of amides is 3. The molecule has 3 amide bonds. The van der Waals surface area contributed by atoms with E-state index in [1.54, 1.807) is 9.80 Å². The predicted octanol–water partition coefficient (Wildman–Crippen LogP) is 6.66. The van der Waals surface area contributed by atoms with Gasteiger partial charge in [0.2, 0.25) is 11.8 Å². The molecule has 0 bridgehead atoms. The summed E-state index contributed by atoms with van der Waals surface area (Å²) in [5, 5.41) is 16.5. The van der Waals surface area contributed by atoms with Crippen molar-refractivity contribution in [2.24, 2.45) is 11.0 Å². The lowest BCUT2D eigenvalue weighted by Gasteiger charge is -2.37. The zero-order valence-corrected chi connectivity index (χ0v) is 33.8. The maximum atomic E-state index is 15.1. The van der Waals surface area contributed by atoms with Crippen LogP contribution in [0.15, 0.2) is 107 Å². The van der Waals surface area contributed by atoms with Gasteiger partial charge in [-0.2, -0.15) is 5.10 Å². The number of carbonyl (C=O) groups is 3. The third-order valence-corrected chi connectivity index (χ3v) is 14.8. The van der Waals surface area contributed by atoms with Crippen LogP contribution in [-0.2, 0) is 44.2 Å². The zero-order chi connectivity index (χ0) is 38.6. The number of carbonyl (C=O) groups excluding carboxylic acids is 3. The van der Waals surface area contributed by atoms with Gasteiger partial charge in [0.15, 0.2) is 13.9 Å².